The fraction of sp³-hybridized carbons (Fsp3) is 0.562. The van der Waals surface area contributed by atoms with E-state index in [0.717, 1.165) is 25.9 Å². The topological polar surface area (TPSA) is 106 Å². The molecule has 0 saturated carbocycles. The van der Waals surface area contributed by atoms with Gasteiger partial charge in [0.2, 0.25) is 15.9 Å². The van der Waals surface area contributed by atoms with E-state index >= 15 is 0 Å². The van der Waals surface area contributed by atoms with Crippen LogP contribution in [-0.4, -0.2) is 53.2 Å². The van der Waals surface area contributed by atoms with E-state index < -0.39 is 10.0 Å². The first kappa shape index (κ1) is 20.8. The molecule has 1 unspecified atom stereocenters. The summed E-state index contributed by atoms with van der Waals surface area (Å²) in [6.07, 6.45) is 1.75. The zero-order chi connectivity index (χ0) is 17.7. The third-order valence-electron chi connectivity index (χ3n) is 4.10. The lowest BCUT2D eigenvalue weighted by molar-refractivity contribution is -0.121. The van der Waals surface area contributed by atoms with E-state index in [1.165, 1.54) is 12.1 Å². The highest BCUT2D eigenvalue weighted by Crippen LogP contribution is 2.31. The van der Waals surface area contributed by atoms with Gasteiger partial charge in [0.1, 0.15) is 0 Å². The van der Waals surface area contributed by atoms with Gasteiger partial charge < -0.3 is 20.1 Å². The zero-order valence-corrected chi connectivity index (χ0v) is 16.0. The third-order valence-corrected chi connectivity index (χ3v) is 5.56. The third kappa shape index (κ3) is 5.47. The SMILES string of the molecule is Cl.O=C(CCNS(=O)(=O)c1ccc2c(c1)OCCCO2)NC1CCNC1. The Morgan fingerprint density at radius 2 is 2.00 bits per heavy atom. The summed E-state index contributed by atoms with van der Waals surface area (Å²) in [7, 11) is -3.71. The highest BCUT2D eigenvalue weighted by Gasteiger charge is 2.20. The number of fused-ring (bicyclic) bond motifs is 1. The Labute approximate surface area is 159 Å². The molecule has 0 aromatic heterocycles. The number of nitrogens with one attached hydrogen (secondary N) is 3. The molecule has 1 aromatic carbocycles. The Balaban J connectivity index is 0.00000243. The molecule has 0 bridgehead atoms. The second-order valence-corrected chi connectivity index (χ2v) is 7.83. The molecule has 3 N–H and O–H groups in total. The summed E-state index contributed by atoms with van der Waals surface area (Å²) in [4.78, 5) is 11.9. The van der Waals surface area contributed by atoms with Gasteiger partial charge in [0.15, 0.2) is 11.5 Å². The van der Waals surface area contributed by atoms with Crippen LogP contribution in [0.15, 0.2) is 23.1 Å². The Kier molecular flexibility index (Phi) is 7.51. The first-order chi connectivity index (χ1) is 12.0. The fourth-order valence-corrected chi connectivity index (χ4v) is 3.82. The van der Waals surface area contributed by atoms with Gasteiger partial charge in [-0.1, -0.05) is 0 Å². The number of amides is 1. The molecule has 26 heavy (non-hydrogen) atoms. The minimum atomic E-state index is -3.71. The molecule has 1 aromatic rings. The smallest absolute Gasteiger partial charge is 0.240 e. The molecule has 1 saturated heterocycles. The number of ether oxygens (including phenoxy) is 2. The van der Waals surface area contributed by atoms with Crippen LogP contribution < -0.4 is 24.8 Å². The van der Waals surface area contributed by atoms with Crippen molar-refractivity contribution < 1.29 is 22.7 Å². The average molecular weight is 406 g/mol. The number of benzene rings is 1. The van der Waals surface area contributed by atoms with Crippen molar-refractivity contribution in [2.75, 3.05) is 32.8 Å². The predicted octanol–water partition coefficient (Wildman–Crippen LogP) is 0.416. The summed E-state index contributed by atoms with van der Waals surface area (Å²) < 4.78 is 38.2. The van der Waals surface area contributed by atoms with E-state index in [0.29, 0.717) is 24.7 Å². The van der Waals surface area contributed by atoms with Crippen molar-refractivity contribution in [3.05, 3.63) is 18.2 Å². The van der Waals surface area contributed by atoms with E-state index in [9.17, 15) is 13.2 Å². The highest BCUT2D eigenvalue weighted by atomic mass is 35.5. The van der Waals surface area contributed by atoms with Gasteiger partial charge in [-0.2, -0.15) is 0 Å². The van der Waals surface area contributed by atoms with Crippen molar-refractivity contribution in [2.24, 2.45) is 0 Å². The first-order valence-electron chi connectivity index (χ1n) is 8.44. The molecule has 1 amide bonds. The largest absolute Gasteiger partial charge is 0.490 e. The lowest BCUT2D eigenvalue weighted by Crippen LogP contribution is -2.38. The highest BCUT2D eigenvalue weighted by molar-refractivity contribution is 7.89. The predicted molar refractivity (Wildman–Crippen MR) is 98.5 cm³/mol. The molecule has 2 aliphatic heterocycles. The Hall–Kier alpha value is -1.55. The van der Waals surface area contributed by atoms with E-state index in [-0.39, 0.29) is 42.2 Å². The number of carbonyl (C=O) groups excluding carboxylic acids is 1. The number of sulfonamides is 1. The van der Waals surface area contributed by atoms with E-state index in [1.807, 2.05) is 0 Å². The molecular weight excluding hydrogens is 382 g/mol. The van der Waals surface area contributed by atoms with Gasteiger partial charge in [0.25, 0.3) is 0 Å². The number of carbonyl (C=O) groups is 1. The monoisotopic (exact) mass is 405 g/mol. The molecule has 0 aliphatic carbocycles. The summed E-state index contributed by atoms with van der Waals surface area (Å²) >= 11 is 0. The van der Waals surface area contributed by atoms with Crippen molar-refractivity contribution >= 4 is 28.3 Å². The number of halogens is 1. The molecule has 146 valence electrons. The van der Waals surface area contributed by atoms with Crippen LogP contribution in [0.1, 0.15) is 19.3 Å². The maximum Gasteiger partial charge on any atom is 0.240 e. The van der Waals surface area contributed by atoms with Crippen LogP contribution in [0.5, 0.6) is 11.5 Å². The molecule has 1 fully saturated rings. The normalized spacial score (nSPS) is 19.3. The molecule has 2 aliphatic rings. The van der Waals surface area contributed by atoms with Gasteiger partial charge in [0, 0.05) is 38.0 Å². The van der Waals surface area contributed by atoms with Crippen LogP contribution in [0.2, 0.25) is 0 Å². The Morgan fingerprint density at radius 1 is 1.23 bits per heavy atom. The molecule has 0 radical (unpaired) electrons. The van der Waals surface area contributed by atoms with Crippen molar-refractivity contribution in [1.82, 2.24) is 15.4 Å². The first-order valence-corrected chi connectivity index (χ1v) is 9.92. The summed E-state index contributed by atoms with van der Waals surface area (Å²) in [6.45, 7) is 2.72. The molecule has 8 nitrogen and oxygen atoms in total. The summed E-state index contributed by atoms with van der Waals surface area (Å²) in [6, 6.07) is 4.65. The molecule has 1 atom stereocenters. The quantitative estimate of drug-likeness (QED) is 0.633. The minimum Gasteiger partial charge on any atom is -0.490 e. The van der Waals surface area contributed by atoms with Crippen LogP contribution >= 0.6 is 12.4 Å². The lowest BCUT2D eigenvalue weighted by atomic mass is 10.2. The Morgan fingerprint density at radius 3 is 2.73 bits per heavy atom. The Bertz CT molecular complexity index is 723. The zero-order valence-electron chi connectivity index (χ0n) is 14.3. The standard InChI is InChI=1S/C16H23N3O5S.ClH/c20-16(19-12-4-6-17-11-12)5-7-18-25(21,22)13-2-3-14-15(10-13)24-9-1-8-23-14;/h2-3,10,12,17-18H,1,4-9,11H2,(H,19,20);1H. The van der Waals surface area contributed by atoms with Gasteiger partial charge in [0.05, 0.1) is 18.1 Å². The van der Waals surface area contributed by atoms with Crippen molar-refractivity contribution in [1.29, 1.82) is 0 Å². The fourth-order valence-electron chi connectivity index (χ4n) is 2.77. The van der Waals surface area contributed by atoms with Gasteiger partial charge in [-0.3, -0.25) is 4.79 Å². The van der Waals surface area contributed by atoms with Crippen LogP contribution in [0.3, 0.4) is 0 Å². The van der Waals surface area contributed by atoms with Crippen molar-refractivity contribution in [3.8, 4) is 11.5 Å². The molecular formula is C16H24ClN3O5S. The van der Waals surface area contributed by atoms with Crippen molar-refractivity contribution in [3.63, 3.8) is 0 Å². The summed E-state index contributed by atoms with van der Waals surface area (Å²) in [5.74, 6) is 0.808. The lowest BCUT2D eigenvalue weighted by Gasteiger charge is -2.12. The van der Waals surface area contributed by atoms with Crippen molar-refractivity contribution in [2.45, 2.75) is 30.2 Å². The summed E-state index contributed by atoms with van der Waals surface area (Å²) in [5.41, 5.74) is 0. The number of hydrogen-bond acceptors (Lipinski definition) is 6. The van der Waals surface area contributed by atoms with Gasteiger partial charge in [-0.15, -0.1) is 12.4 Å². The second-order valence-electron chi connectivity index (χ2n) is 6.06. The minimum absolute atomic E-state index is 0. The second kappa shape index (κ2) is 9.40. The molecule has 0 spiro atoms. The van der Waals surface area contributed by atoms with Gasteiger partial charge in [-0.05, 0) is 25.1 Å². The van der Waals surface area contributed by atoms with E-state index in [4.69, 9.17) is 9.47 Å². The molecule has 2 heterocycles. The number of hydrogen-bond donors (Lipinski definition) is 3. The summed E-state index contributed by atoms with van der Waals surface area (Å²) in [5, 5.41) is 6.04. The van der Waals surface area contributed by atoms with Crippen LogP contribution in [0.25, 0.3) is 0 Å². The van der Waals surface area contributed by atoms with E-state index in [1.54, 1.807) is 6.07 Å². The van der Waals surface area contributed by atoms with Gasteiger partial charge in [-0.25, -0.2) is 13.1 Å². The van der Waals surface area contributed by atoms with E-state index in [2.05, 4.69) is 15.4 Å². The molecule has 3 rings (SSSR count). The van der Waals surface area contributed by atoms with Crippen LogP contribution in [-0.2, 0) is 14.8 Å². The number of rotatable bonds is 6. The van der Waals surface area contributed by atoms with Crippen LogP contribution in [0, 0.1) is 0 Å². The molecule has 10 heteroatoms. The van der Waals surface area contributed by atoms with Crippen LogP contribution in [0.4, 0.5) is 0 Å². The van der Waals surface area contributed by atoms with Gasteiger partial charge >= 0.3 is 0 Å². The maximum absolute atomic E-state index is 12.4. The average Bonchev–Trinajstić information content (AvgIpc) is 2.96. The maximum atomic E-state index is 12.4.